The number of rotatable bonds is 5. The van der Waals surface area contributed by atoms with Gasteiger partial charge in [0.05, 0.1) is 10.6 Å². The number of nitrogens with one attached hydrogen (secondary N) is 1. The molecular weight excluding hydrogens is 377 g/mol. The summed E-state index contributed by atoms with van der Waals surface area (Å²) < 4.78 is 44.0. The van der Waals surface area contributed by atoms with Crippen molar-refractivity contribution in [2.45, 2.75) is 19.7 Å². The lowest BCUT2D eigenvalue weighted by molar-refractivity contribution is -0.137. The van der Waals surface area contributed by atoms with Crippen LogP contribution in [0.4, 0.5) is 18.9 Å². The van der Waals surface area contributed by atoms with Gasteiger partial charge in [-0.3, -0.25) is 4.79 Å². The fourth-order valence-electron chi connectivity index (χ4n) is 2.35. The lowest BCUT2D eigenvalue weighted by Crippen LogP contribution is -2.12. The van der Waals surface area contributed by atoms with Crippen molar-refractivity contribution in [2.24, 2.45) is 0 Å². The summed E-state index contributed by atoms with van der Waals surface area (Å²) in [6.07, 6.45) is -4.42. The Bertz CT molecular complexity index is 940. The molecule has 8 heteroatoms. The number of anilines is 1. The van der Waals surface area contributed by atoms with E-state index in [9.17, 15) is 18.0 Å². The van der Waals surface area contributed by atoms with Crippen LogP contribution in [0.1, 0.15) is 25.8 Å². The summed E-state index contributed by atoms with van der Waals surface area (Å²) >= 11 is 1.16. The second kappa shape index (κ2) is 7.79. The second-order valence-electron chi connectivity index (χ2n) is 5.67. The first-order valence-electron chi connectivity index (χ1n) is 7.95. The summed E-state index contributed by atoms with van der Waals surface area (Å²) in [7, 11) is 0. The maximum Gasteiger partial charge on any atom is 0.416 e. The van der Waals surface area contributed by atoms with Gasteiger partial charge in [0.1, 0.15) is 6.61 Å². The first-order valence-corrected chi connectivity index (χ1v) is 8.77. The van der Waals surface area contributed by atoms with Gasteiger partial charge in [-0.2, -0.15) is 13.2 Å². The fourth-order valence-corrected chi connectivity index (χ4v) is 3.11. The van der Waals surface area contributed by atoms with Crippen molar-refractivity contribution in [1.29, 1.82) is 0 Å². The molecule has 2 aromatic carbocycles. The number of nitrogens with zero attached hydrogens (tertiary/aromatic N) is 1. The highest BCUT2D eigenvalue weighted by Crippen LogP contribution is 2.30. The van der Waals surface area contributed by atoms with Crippen LogP contribution in [-0.2, 0) is 12.8 Å². The molecule has 0 aliphatic rings. The molecule has 0 radical (unpaired) electrons. The predicted molar refractivity (Wildman–Crippen MR) is 97.0 cm³/mol. The third-order valence-electron chi connectivity index (χ3n) is 3.57. The number of hydrogen-bond acceptors (Lipinski definition) is 4. The number of thiazole rings is 1. The number of carbonyl (C=O) groups is 1. The molecule has 0 fully saturated rings. The molecule has 3 rings (SSSR count). The van der Waals surface area contributed by atoms with Crippen molar-refractivity contribution < 1.29 is 22.7 Å². The second-order valence-corrected chi connectivity index (χ2v) is 6.88. The number of aromatic nitrogens is 1. The minimum atomic E-state index is -4.42. The Balaban J connectivity index is 1.74. The molecular formula is C19H15F3N2O2S. The molecule has 0 aliphatic heterocycles. The highest BCUT2D eigenvalue weighted by atomic mass is 32.1. The minimum Gasteiger partial charge on any atom is -0.472 e. The van der Waals surface area contributed by atoms with Crippen LogP contribution in [0.25, 0.3) is 0 Å². The topological polar surface area (TPSA) is 51.2 Å². The molecule has 4 nitrogen and oxygen atoms in total. The van der Waals surface area contributed by atoms with E-state index in [-0.39, 0.29) is 23.3 Å². The molecule has 3 aromatic rings. The summed E-state index contributed by atoms with van der Waals surface area (Å²) in [5.74, 6) is -0.283. The van der Waals surface area contributed by atoms with Gasteiger partial charge in [-0.15, -0.1) is 11.3 Å². The summed E-state index contributed by atoms with van der Waals surface area (Å²) in [6.45, 7) is 1.60. The van der Waals surface area contributed by atoms with Crippen molar-refractivity contribution in [3.05, 3.63) is 75.6 Å². The van der Waals surface area contributed by atoms with Crippen LogP contribution in [0.2, 0.25) is 0 Å². The van der Waals surface area contributed by atoms with Gasteiger partial charge in [-0.25, -0.2) is 4.98 Å². The van der Waals surface area contributed by atoms with E-state index < -0.39 is 11.7 Å². The van der Waals surface area contributed by atoms with Crippen LogP contribution in [0, 0.1) is 6.92 Å². The lowest BCUT2D eigenvalue weighted by atomic mass is 10.1. The number of benzene rings is 2. The SMILES string of the molecule is Cc1nc(OCc2cccc(C(F)(F)F)c2)c(C(=O)Nc2ccccc2)s1. The number of halogens is 3. The smallest absolute Gasteiger partial charge is 0.416 e. The summed E-state index contributed by atoms with van der Waals surface area (Å²) in [6, 6.07) is 13.8. The first kappa shape index (κ1) is 18.9. The van der Waals surface area contributed by atoms with Crippen LogP contribution in [0.3, 0.4) is 0 Å². The van der Waals surface area contributed by atoms with Crippen molar-refractivity contribution in [1.82, 2.24) is 4.98 Å². The van der Waals surface area contributed by atoms with Gasteiger partial charge in [0.25, 0.3) is 5.91 Å². The third kappa shape index (κ3) is 4.85. The molecule has 0 aliphatic carbocycles. The van der Waals surface area contributed by atoms with E-state index >= 15 is 0 Å². The number of ether oxygens (including phenoxy) is 1. The molecule has 27 heavy (non-hydrogen) atoms. The van der Waals surface area contributed by atoms with Gasteiger partial charge >= 0.3 is 6.18 Å². The number of carbonyl (C=O) groups excluding carboxylic acids is 1. The van der Waals surface area contributed by atoms with Gasteiger partial charge in [0.2, 0.25) is 5.88 Å². The molecule has 1 amide bonds. The molecule has 1 heterocycles. The predicted octanol–water partition coefficient (Wildman–Crippen LogP) is 5.30. The lowest BCUT2D eigenvalue weighted by Gasteiger charge is -2.10. The fraction of sp³-hybridized carbons (Fsp3) is 0.158. The highest BCUT2D eigenvalue weighted by Gasteiger charge is 2.30. The summed E-state index contributed by atoms with van der Waals surface area (Å²) in [5, 5.41) is 3.36. The van der Waals surface area contributed by atoms with Crippen molar-refractivity contribution in [3.63, 3.8) is 0 Å². The Morgan fingerprint density at radius 1 is 1.15 bits per heavy atom. The van der Waals surface area contributed by atoms with Gasteiger partial charge < -0.3 is 10.1 Å². The Labute approximate surface area is 157 Å². The molecule has 140 valence electrons. The van der Waals surface area contributed by atoms with Crippen LogP contribution in [0.5, 0.6) is 5.88 Å². The molecule has 0 saturated carbocycles. The van der Waals surface area contributed by atoms with Crippen LogP contribution in [0.15, 0.2) is 54.6 Å². The Kier molecular flexibility index (Phi) is 5.46. The summed E-state index contributed by atoms with van der Waals surface area (Å²) in [4.78, 5) is 16.9. The molecule has 1 N–H and O–H groups in total. The molecule has 0 saturated heterocycles. The molecule has 0 unspecified atom stereocenters. The van der Waals surface area contributed by atoms with Crippen LogP contribution < -0.4 is 10.1 Å². The highest BCUT2D eigenvalue weighted by molar-refractivity contribution is 7.14. The van der Waals surface area contributed by atoms with Crippen molar-refractivity contribution in [3.8, 4) is 5.88 Å². The monoisotopic (exact) mass is 392 g/mol. The quantitative estimate of drug-likeness (QED) is 0.641. The van der Waals surface area contributed by atoms with E-state index in [1.165, 1.54) is 12.1 Å². The van der Waals surface area contributed by atoms with Gasteiger partial charge in [0.15, 0.2) is 4.88 Å². The molecule has 0 bridgehead atoms. The maximum atomic E-state index is 12.8. The Morgan fingerprint density at radius 2 is 1.89 bits per heavy atom. The van der Waals surface area contributed by atoms with Crippen LogP contribution >= 0.6 is 11.3 Å². The Morgan fingerprint density at radius 3 is 2.59 bits per heavy atom. The number of amides is 1. The van der Waals surface area contributed by atoms with E-state index in [4.69, 9.17) is 4.74 Å². The van der Waals surface area contributed by atoms with Crippen LogP contribution in [-0.4, -0.2) is 10.9 Å². The zero-order chi connectivity index (χ0) is 19.4. The van der Waals surface area contributed by atoms with E-state index in [2.05, 4.69) is 10.3 Å². The normalized spacial score (nSPS) is 11.3. The Hall–Kier alpha value is -2.87. The van der Waals surface area contributed by atoms with E-state index in [0.717, 1.165) is 23.5 Å². The zero-order valence-electron chi connectivity index (χ0n) is 14.2. The van der Waals surface area contributed by atoms with Gasteiger partial charge in [0, 0.05) is 5.69 Å². The number of hydrogen-bond donors (Lipinski definition) is 1. The number of aryl methyl sites for hydroxylation is 1. The standard InChI is InChI=1S/C19H15F3N2O2S/c1-12-23-18(16(27-12)17(25)24-15-8-3-2-4-9-15)26-11-13-6-5-7-14(10-13)19(20,21)22/h2-10H,11H2,1H3,(H,24,25). The van der Waals surface area contributed by atoms with Crippen molar-refractivity contribution in [2.75, 3.05) is 5.32 Å². The van der Waals surface area contributed by atoms with Gasteiger partial charge in [-0.05, 0) is 36.8 Å². The minimum absolute atomic E-state index is 0.100. The van der Waals surface area contributed by atoms with Crippen molar-refractivity contribution >= 4 is 22.9 Å². The molecule has 1 aromatic heterocycles. The van der Waals surface area contributed by atoms with E-state index in [1.54, 1.807) is 31.2 Å². The molecule has 0 spiro atoms. The van der Waals surface area contributed by atoms with Gasteiger partial charge in [-0.1, -0.05) is 30.3 Å². The maximum absolute atomic E-state index is 12.8. The summed E-state index contributed by atoms with van der Waals surface area (Å²) in [5.41, 5.74) is 0.211. The average Bonchev–Trinajstić information content (AvgIpc) is 3.01. The average molecular weight is 392 g/mol. The van der Waals surface area contributed by atoms with E-state index in [0.29, 0.717) is 16.3 Å². The van der Waals surface area contributed by atoms with E-state index in [1.807, 2.05) is 6.07 Å². The first-order chi connectivity index (χ1) is 12.8. The largest absolute Gasteiger partial charge is 0.472 e. The zero-order valence-corrected chi connectivity index (χ0v) is 15.0. The third-order valence-corrected chi connectivity index (χ3v) is 4.52. The number of alkyl halides is 3. The number of para-hydroxylation sites is 1. The molecule has 0 atom stereocenters.